The van der Waals surface area contributed by atoms with Crippen molar-refractivity contribution in [2.24, 2.45) is 5.73 Å². The van der Waals surface area contributed by atoms with E-state index in [1.807, 2.05) is 6.92 Å². The van der Waals surface area contributed by atoms with Gasteiger partial charge in [0.1, 0.15) is 6.04 Å². The van der Waals surface area contributed by atoms with E-state index in [-0.39, 0.29) is 18.7 Å². The minimum absolute atomic E-state index is 0.0250. The van der Waals surface area contributed by atoms with Crippen molar-refractivity contribution in [1.82, 2.24) is 5.32 Å². The first-order valence-corrected chi connectivity index (χ1v) is 6.80. The smallest absolute Gasteiger partial charge is 0.326 e. The van der Waals surface area contributed by atoms with Crippen molar-refractivity contribution in [1.29, 1.82) is 0 Å². The molecule has 0 spiro atoms. The molecular formula is C11H18N2O4S. The Morgan fingerprint density at radius 3 is 2.61 bits per heavy atom. The maximum atomic E-state index is 12.0. The molecule has 0 aromatic rings. The molecule has 0 aliphatic carbocycles. The molecule has 1 heterocycles. The van der Waals surface area contributed by atoms with Gasteiger partial charge in [0.05, 0.1) is 4.75 Å². The molecule has 1 saturated heterocycles. The Bertz CT molecular complexity index is 353. The molecule has 4 N–H and O–H groups in total. The Hall–Kier alpha value is -1.24. The van der Waals surface area contributed by atoms with Crippen molar-refractivity contribution in [3.8, 4) is 0 Å². The lowest BCUT2D eigenvalue weighted by molar-refractivity contribution is -0.142. The van der Waals surface area contributed by atoms with Crippen LogP contribution in [0.4, 0.5) is 0 Å². The number of hydrogen-bond donors (Lipinski definition) is 3. The monoisotopic (exact) mass is 274 g/mol. The van der Waals surface area contributed by atoms with Gasteiger partial charge in [-0.3, -0.25) is 9.59 Å². The van der Waals surface area contributed by atoms with E-state index in [0.717, 1.165) is 18.6 Å². The largest absolute Gasteiger partial charge is 0.480 e. The number of amides is 2. The van der Waals surface area contributed by atoms with E-state index in [4.69, 9.17) is 10.8 Å². The summed E-state index contributed by atoms with van der Waals surface area (Å²) in [5.74, 6) is -1.09. The highest BCUT2D eigenvalue weighted by atomic mass is 32.2. The number of nitrogens with two attached hydrogens (primary N) is 1. The van der Waals surface area contributed by atoms with Crippen LogP contribution in [0.25, 0.3) is 0 Å². The minimum atomic E-state index is -1.14. The Balaban J connectivity index is 2.57. The third-order valence-corrected chi connectivity index (χ3v) is 4.50. The van der Waals surface area contributed by atoms with Crippen LogP contribution in [-0.2, 0) is 14.4 Å². The quantitative estimate of drug-likeness (QED) is 0.636. The maximum absolute atomic E-state index is 12.0. The average Bonchev–Trinajstić information content (AvgIpc) is 2.71. The summed E-state index contributed by atoms with van der Waals surface area (Å²) in [7, 11) is 0. The maximum Gasteiger partial charge on any atom is 0.326 e. The second kappa shape index (κ2) is 6.08. The zero-order chi connectivity index (χ0) is 13.8. The van der Waals surface area contributed by atoms with Crippen LogP contribution in [-0.4, -0.2) is 39.4 Å². The van der Waals surface area contributed by atoms with Gasteiger partial charge in [-0.05, 0) is 31.9 Å². The number of hydrogen-bond acceptors (Lipinski definition) is 4. The first-order valence-electron chi connectivity index (χ1n) is 5.81. The summed E-state index contributed by atoms with van der Waals surface area (Å²) in [6.07, 6.45) is 1.66. The molecule has 2 unspecified atom stereocenters. The van der Waals surface area contributed by atoms with Crippen LogP contribution in [0.2, 0.25) is 0 Å². The predicted octanol–water partition coefficient (Wildman–Crippen LogP) is 0.107. The molecule has 1 aliphatic heterocycles. The molecular weight excluding hydrogens is 256 g/mol. The predicted molar refractivity (Wildman–Crippen MR) is 68.1 cm³/mol. The number of carboxylic acid groups (broad SMARTS) is 1. The summed E-state index contributed by atoms with van der Waals surface area (Å²) in [4.78, 5) is 33.7. The zero-order valence-corrected chi connectivity index (χ0v) is 11.1. The molecule has 18 heavy (non-hydrogen) atoms. The molecule has 2 atom stereocenters. The Kier molecular flexibility index (Phi) is 5.01. The number of carboxylic acids is 1. The molecule has 2 amide bonds. The van der Waals surface area contributed by atoms with Crippen molar-refractivity contribution in [2.75, 3.05) is 5.75 Å². The van der Waals surface area contributed by atoms with E-state index in [1.54, 1.807) is 0 Å². The first-order chi connectivity index (χ1) is 8.35. The van der Waals surface area contributed by atoms with Gasteiger partial charge in [-0.2, -0.15) is 0 Å². The summed E-state index contributed by atoms with van der Waals surface area (Å²) in [6, 6.07) is -1.05. The molecule has 0 radical (unpaired) electrons. The summed E-state index contributed by atoms with van der Waals surface area (Å²) in [5.41, 5.74) is 4.97. The Morgan fingerprint density at radius 1 is 1.50 bits per heavy atom. The van der Waals surface area contributed by atoms with Crippen LogP contribution in [0, 0.1) is 0 Å². The van der Waals surface area contributed by atoms with Crippen molar-refractivity contribution >= 4 is 29.5 Å². The minimum Gasteiger partial charge on any atom is -0.480 e. The highest BCUT2D eigenvalue weighted by molar-refractivity contribution is 8.01. The fraction of sp³-hybridized carbons (Fsp3) is 0.727. The van der Waals surface area contributed by atoms with E-state index in [0.29, 0.717) is 0 Å². The van der Waals surface area contributed by atoms with Crippen LogP contribution in [0.3, 0.4) is 0 Å². The van der Waals surface area contributed by atoms with Gasteiger partial charge in [0.25, 0.3) is 0 Å². The van der Waals surface area contributed by atoms with Gasteiger partial charge in [0.15, 0.2) is 0 Å². The topological polar surface area (TPSA) is 109 Å². The van der Waals surface area contributed by atoms with E-state index >= 15 is 0 Å². The van der Waals surface area contributed by atoms with Gasteiger partial charge in [-0.15, -0.1) is 11.8 Å². The number of carbonyl (C=O) groups excluding carboxylic acids is 2. The summed E-state index contributed by atoms with van der Waals surface area (Å²) < 4.78 is -0.555. The van der Waals surface area contributed by atoms with Gasteiger partial charge in [-0.1, -0.05) is 0 Å². The highest BCUT2D eigenvalue weighted by Gasteiger charge is 2.38. The van der Waals surface area contributed by atoms with E-state index in [1.165, 1.54) is 11.8 Å². The summed E-state index contributed by atoms with van der Waals surface area (Å²) in [5, 5.41) is 11.5. The summed E-state index contributed by atoms with van der Waals surface area (Å²) >= 11 is 1.53. The lowest BCUT2D eigenvalue weighted by Gasteiger charge is -2.24. The van der Waals surface area contributed by atoms with E-state index < -0.39 is 22.7 Å². The molecule has 102 valence electrons. The number of nitrogens with one attached hydrogen (secondary N) is 1. The number of primary amides is 1. The van der Waals surface area contributed by atoms with Crippen molar-refractivity contribution in [3.05, 3.63) is 0 Å². The van der Waals surface area contributed by atoms with Crippen molar-refractivity contribution in [3.63, 3.8) is 0 Å². The molecule has 0 bridgehead atoms. The Labute approximate surface area is 110 Å². The van der Waals surface area contributed by atoms with Gasteiger partial charge in [0, 0.05) is 6.42 Å². The molecule has 0 aromatic carbocycles. The first kappa shape index (κ1) is 14.8. The summed E-state index contributed by atoms with van der Waals surface area (Å²) in [6.45, 7) is 1.81. The third kappa shape index (κ3) is 3.90. The Morgan fingerprint density at radius 2 is 2.17 bits per heavy atom. The molecule has 0 saturated carbocycles. The van der Waals surface area contributed by atoms with Gasteiger partial charge < -0.3 is 16.2 Å². The third-order valence-electron chi connectivity index (χ3n) is 2.98. The molecule has 6 nitrogen and oxygen atoms in total. The molecule has 0 aromatic heterocycles. The van der Waals surface area contributed by atoms with Crippen LogP contribution in [0.5, 0.6) is 0 Å². The lowest BCUT2D eigenvalue weighted by Crippen LogP contribution is -2.48. The van der Waals surface area contributed by atoms with Gasteiger partial charge >= 0.3 is 5.97 Å². The molecule has 1 rings (SSSR count). The van der Waals surface area contributed by atoms with Crippen LogP contribution >= 0.6 is 11.8 Å². The van der Waals surface area contributed by atoms with Crippen LogP contribution in [0.1, 0.15) is 32.6 Å². The molecule has 7 heteroatoms. The second-order valence-corrected chi connectivity index (χ2v) is 6.15. The normalized spacial score (nSPS) is 24.5. The zero-order valence-electron chi connectivity index (χ0n) is 10.3. The standard InChI is InChI=1S/C11H18N2O4S/c1-11(5-2-6-18-11)10(17)13-7(9(15)16)3-4-8(12)14/h7H,2-6H2,1H3,(H2,12,14)(H,13,17)(H,15,16). The SMILES string of the molecule is CC1(C(=O)NC(CCC(N)=O)C(=O)O)CCCS1. The van der Waals surface area contributed by atoms with Crippen molar-refractivity contribution in [2.45, 2.75) is 43.4 Å². The molecule has 1 fully saturated rings. The van der Waals surface area contributed by atoms with Gasteiger partial charge in [0.2, 0.25) is 11.8 Å². The fourth-order valence-electron chi connectivity index (χ4n) is 1.81. The highest BCUT2D eigenvalue weighted by Crippen LogP contribution is 2.37. The number of carbonyl (C=O) groups is 3. The average molecular weight is 274 g/mol. The second-order valence-electron chi connectivity index (χ2n) is 4.55. The molecule has 1 aliphatic rings. The fourth-order valence-corrected chi connectivity index (χ4v) is 3.03. The lowest BCUT2D eigenvalue weighted by atomic mass is 10.0. The van der Waals surface area contributed by atoms with E-state index in [2.05, 4.69) is 5.32 Å². The number of aliphatic carboxylic acids is 1. The number of thioether (sulfide) groups is 1. The van der Waals surface area contributed by atoms with E-state index in [9.17, 15) is 14.4 Å². The van der Waals surface area contributed by atoms with Gasteiger partial charge in [-0.25, -0.2) is 4.79 Å². The number of rotatable bonds is 6. The van der Waals surface area contributed by atoms with Crippen LogP contribution < -0.4 is 11.1 Å². The van der Waals surface area contributed by atoms with Crippen LogP contribution in [0.15, 0.2) is 0 Å². The van der Waals surface area contributed by atoms with Crippen molar-refractivity contribution < 1.29 is 19.5 Å².